The van der Waals surface area contributed by atoms with Gasteiger partial charge in [-0.3, -0.25) is 0 Å². The van der Waals surface area contributed by atoms with E-state index in [1.54, 1.807) is 0 Å². The van der Waals surface area contributed by atoms with E-state index in [2.05, 4.69) is 39.1 Å². The summed E-state index contributed by atoms with van der Waals surface area (Å²) in [5.41, 5.74) is 5.99. The summed E-state index contributed by atoms with van der Waals surface area (Å²) in [5, 5.41) is 0. The molecule has 0 unspecified atom stereocenters. The first-order valence-electron chi connectivity index (χ1n) is 7.99. The summed E-state index contributed by atoms with van der Waals surface area (Å²) in [7, 11) is 0. The van der Waals surface area contributed by atoms with Gasteiger partial charge in [-0.1, -0.05) is 24.3 Å². The van der Waals surface area contributed by atoms with Gasteiger partial charge in [-0.2, -0.15) is 0 Å². The largest absolute Gasteiger partial charge is 0.103 e. The smallest absolute Gasteiger partial charge is 0.0276 e. The maximum absolute atomic E-state index is 3.78. The van der Waals surface area contributed by atoms with Crippen LogP contribution in [0, 0.1) is 13.8 Å². The van der Waals surface area contributed by atoms with Crippen LogP contribution in [0.3, 0.4) is 0 Å². The molecule has 0 radical (unpaired) electrons. The van der Waals surface area contributed by atoms with E-state index in [0.29, 0.717) is 0 Å². The van der Waals surface area contributed by atoms with Gasteiger partial charge in [-0.25, -0.2) is 0 Å². The van der Waals surface area contributed by atoms with Gasteiger partial charge in [0, 0.05) is 0 Å². The lowest BCUT2D eigenvalue weighted by Crippen LogP contribution is -1.97. The molecule has 0 aliphatic carbocycles. The SMILES string of the molecule is C=CCCCCc1cc(C)c(CCCCC=C)cc1C. The molecule has 1 aromatic rings. The quantitative estimate of drug-likeness (QED) is 0.356. The second-order valence-corrected chi connectivity index (χ2v) is 5.77. The molecular formula is C20H30. The van der Waals surface area contributed by atoms with E-state index < -0.39 is 0 Å². The van der Waals surface area contributed by atoms with Gasteiger partial charge in [0.05, 0.1) is 0 Å². The lowest BCUT2D eigenvalue weighted by molar-refractivity contribution is 0.736. The van der Waals surface area contributed by atoms with Crippen LogP contribution in [0.1, 0.15) is 60.8 Å². The summed E-state index contributed by atoms with van der Waals surface area (Å²) in [6.07, 6.45) is 13.8. The van der Waals surface area contributed by atoms with Crippen molar-refractivity contribution in [1.29, 1.82) is 0 Å². The van der Waals surface area contributed by atoms with Crippen molar-refractivity contribution < 1.29 is 0 Å². The average Bonchev–Trinajstić information content (AvgIpc) is 2.44. The first-order valence-corrected chi connectivity index (χ1v) is 7.99. The molecule has 0 atom stereocenters. The summed E-state index contributed by atoms with van der Waals surface area (Å²) in [4.78, 5) is 0. The van der Waals surface area contributed by atoms with E-state index in [-0.39, 0.29) is 0 Å². The van der Waals surface area contributed by atoms with Crippen molar-refractivity contribution in [2.24, 2.45) is 0 Å². The zero-order valence-corrected chi connectivity index (χ0v) is 13.4. The molecule has 0 saturated heterocycles. The van der Waals surface area contributed by atoms with Crippen molar-refractivity contribution in [2.45, 2.75) is 65.2 Å². The molecule has 0 aliphatic heterocycles. The van der Waals surface area contributed by atoms with E-state index in [0.717, 1.165) is 12.8 Å². The topological polar surface area (TPSA) is 0 Å². The van der Waals surface area contributed by atoms with Gasteiger partial charge in [0.1, 0.15) is 0 Å². The first-order chi connectivity index (χ1) is 9.69. The maximum atomic E-state index is 3.78. The number of aryl methyl sites for hydroxylation is 4. The second-order valence-electron chi connectivity index (χ2n) is 5.77. The van der Waals surface area contributed by atoms with Crippen molar-refractivity contribution in [1.82, 2.24) is 0 Å². The molecule has 0 amide bonds. The minimum Gasteiger partial charge on any atom is -0.103 e. The fraction of sp³-hybridized carbons (Fsp3) is 0.500. The number of hydrogen-bond acceptors (Lipinski definition) is 0. The van der Waals surface area contributed by atoms with Gasteiger partial charge in [-0.15, -0.1) is 13.2 Å². The van der Waals surface area contributed by atoms with Crippen molar-refractivity contribution in [3.05, 3.63) is 59.7 Å². The summed E-state index contributed by atoms with van der Waals surface area (Å²) in [6, 6.07) is 4.82. The van der Waals surface area contributed by atoms with E-state index in [9.17, 15) is 0 Å². The van der Waals surface area contributed by atoms with Gasteiger partial charge in [0.25, 0.3) is 0 Å². The van der Waals surface area contributed by atoms with Crippen LogP contribution in [0.2, 0.25) is 0 Å². The van der Waals surface area contributed by atoms with Crippen LogP contribution in [0.25, 0.3) is 0 Å². The standard InChI is InChI=1S/C20H30/c1-5-7-9-11-13-19-15-18(4)20(16-17(19)3)14-12-10-8-6-2/h5-6,15-16H,1-2,7-14H2,3-4H3. The Hall–Kier alpha value is -1.30. The fourth-order valence-corrected chi connectivity index (χ4v) is 2.68. The Kier molecular flexibility index (Phi) is 8.02. The maximum Gasteiger partial charge on any atom is -0.0276 e. The number of hydrogen-bond donors (Lipinski definition) is 0. The molecule has 0 N–H and O–H groups in total. The average molecular weight is 270 g/mol. The normalized spacial score (nSPS) is 10.5. The highest BCUT2D eigenvalue weighted by Crippen LogP contribution is 2.20. The molecule has 20 heavy (non-hydrogen) atoms. The van der Waals surface area contributed by atoms with E-state index in [1.807, 2.05) is 12.2 Å². The highest BCUT2D eigenvalue weighted by Gasteiger charge is 2.04. The van der Waals surface area contributed by atoms with Crippen LogP contribution in [0.4, 0.5) is 0 Å². The molecule has 0 heterocycles. The zero-order chi connectivity index (χ0) is 14.8. The predicted octanol–water partition coefficient (Wildman–Crippen LogP) is 6.10. The van der Waals surface area contributed by atoms with Crippen LogP contribution in [0.5, 0.6) is 0 Å². The second kappa shape index (κ2) is 9.58. The van der Waals surface area contributed by atoms with Gasteiger partial charge in [0.2, 0.25) is 0 Å². The molecule has 0 spiro atoms. The summed E-state index contributed by atoms with van der Waals surface area (Å²) < 4.78 is 0. The molecule has 1 aromatic carbocycles. The Labute approximate surface area is 125 Å². The van der Waals surface area contributed by atoms with Crippen LogP contribution in [-0.2, 0) is 12.8 Å². The molecule has 0 heteroatoms. The van der Waals surface area contributed by atoms with E-state index >= 15 is 0 Å². The first kappa shape index (κ1) is 16.8. The Morgan fingerprint density at radius 2 is 1.15 bits per heavy atom. The molecule has 110 valence electrons. The number of allylic oxidation sites excluding steroid dienone is 2. The molecule has 0 aliphatic rings. The van der Waals surface area contributed by atoms with E-state index in [1.165, 1.54) is 60.8 Å². The number of rotatable bonds is 10. The van der Waals surface area contributed by atoms with Crippen molar-refractivity contribution in [3.8, 4) is 0 Å². The predicted molar refractivity (Wildman–Crippen MR) is 91.4 cm³/mol. The van der Waals surface area contributed by atoms with Crippen molar-refractivity contribution in [3.63, 3.8) is 0 Å². The Morgan fingerprint density at radius 3 is 1.50 bits per heavy atom. The summed E-state index contributed by atoms with van der Waals surface area (Å²) >= 11 is 0. The van der Waals surface area contributed by atoms with Crippen molar-refractivity contribution in [2.75, 3.05) is 0 Å². The third-order valence-electron chi connectivity index (χ3n) is 4.00. The lowest BCUT2D eigenvalue weighted by Gasteiger charge is -2.12. The highest BCUT2D eigenvalue weighted by atomic mass is 14.1. The van der Waals surface area contributed by atoms with Gasteiger partial charge in [-0.05, 0) is 87.5 Å². The number of unbranched alkanes of at least 4 members (excludes halogenated alkanes) is 4. The van der Waals surface area contributed by atoms with Crippen LogP contribution in [0.15, 0.2) is 37.4 Å². The third kappa shape index (κ3) is 5.77. The van der Waals surface area contributed by atoms with Crippen LogP contribution < -0.4 is 0 Å². The molecule has 0 nitrogen and oxygen atoms in total. The zero-order valence-electron chi connectivity index (χ0n) is 13.4. The molecular weight excluding hydrogens is 240 g/mol. The third-order valence-corrected chi connectivity index (χ3v) is 4.00. The monoisotopic (exact) mass is 270 g/mol. The van der Waals surface area contributed by atoms with Crippen LogP contribution >= 0.6 is 0 Å². The van der Waals surface area contributed by atoms with Gasteiger partial charge in [0.15, 0.2) is 0 Å². The number of benzene rings is 1. The molecule has 0 saturated carbocycles. The minimum atomic E-state index is 1.14. The van der Waals surface area contributed by atoms with Crippen LogP contribution in [-0.4, -0.2) is 0 Å². The Morgan fingerprint density at radius 1 is 0.750 bits per heavy atom. The van der Waals surface area contributed by atoms with E-state index in [4.69, 9.17) is 0 Å². The Balaban J connectivity index is 2.56. The molecule has 1 rings (SSSR count). The molecule has 0 fully saturated rings. The Bertz CT molecular complexity index is 384. The minimum absolute atomic E-state index is 1.14. The molecule has 0 bridgehead atoms. The molecule has 0 aromatic heterocycles. The lowest BCUT2D eigenvalue weighted by atomic mass is 9.94. The summed E-state index contributed by atoms with van der Waals surface area (Å²) in [6.45, 7) is 12.1. The highest BCUT2D eigenvalue weighted by molar-refractivity contribution is 5.37. The fourth-order valence-electron chi connectivity index (χ4n) is 2.68. The van der Waals surface area contributed by atoms with Gasteiger partial charge < -0.3 is 0 Å². The summed E-state index contributed by atoms with van der Waals surface area (Å²) in [5.74, 6) is 0. The van der Waals surface area contributed by atoms with Gasteiger partial charge >= 0.3 is 0 Å². The van der Waals surface area contributed by atoms with Crippen molar-refractivity contribution >= 4 is 0 Å².